The first-order valence-electron chi connectivity index (χ1n) is 12.5. The summed E-state index contributed by atoms with van der Waals surface area (Å²) in [5.74, 6) is -0.424. The molecule has 1 N–H and O–H groups in total. The first-order chi connectivity index (χ1) is 18.4. The molecule has 4 aromatic rings. The Hall–Kier alpha value is -4.30. The molecule has 0 saturated carbocycles. The molecule has 0 aliphatic rings. The molecule has 7 nitrogen and oxygen atoms in total. The van der Waals surface area contributed by atoms with Gasteiger partial charge in [-0.2, -0.15) is 5.10 Å². The molecule has 8 heteroatoms. The summed E-state index contributed by atoms with van der Waals surface area (Å²) in [5, 5.41) is 7.53. The van der Waals surface area contributed by atoms with E-state index in [0.29, 0.717) is 30.4 Å². The third-order valence-corrected chi connectivity index (χ3v) is 5.73. The van der Waals surface area contributed by atoms with E-state index in [-0.39, 0.29) is 36.7 Å². The number of hydrogen-bond acceptors (Lipinski definition) is 4. The Morgan fingerprint density at radius 3 is 2.29 bits per heavy atom. The van der Waals surface area contributed by atoms with Crippen molar-refractivity contribution in [3.8, 4) is 16.9 Å². The number of rotatable bonds is 11. The molecule has 4 rings (SSSR count). The Morgan fingerprint density at radius 2 is 1.63 bits per heavy atom. The zero-order chi connectivity index (χ0) is 26.9. The molecule has 38 heavy (non-hydrogen) atoms. The largest absolute Gasteiger partial charge is 0.367 e. The molecule has 0 atom stereocenters. The minimum Gasteiger partial charge on any atom is -0.367 e. The lowest BCUT2D eigenvalue weighted by atomic mass is 10.1. The van der Waals surface area contributed by atoms with Crippen LogP contribution in [0.15, 0.2) is 91.0 Å². The van der Waals surface area contributed by atoms with Crippen molar-refractivity contribution in [2.75, 3.05) is 25.0 Å². The summed E-state index contributed by atoms with van der Waals surface area (Å²) in [7, 11) is 0. The normalized spacial score (nSPS) is 10.9. The van der Waals surface area contributed by atoms with Crippen LogP contribution in [-0.2, 0) is 20.9 Å². The number of carbonyl (C=O) groups excluding carboxylic acids is 2. The van der Waals surface area contributed by atoms with Crippen LogP contribution in [0.5, 0.6) is 0 Å². The molecule has 3 aromatic carbocycles. The highest BCUT2D eigenvalue weighted by Gasteiger charge is 2.20. The van der Waals surface area contributed by atoms with E-state index in [0.717, 1.165) is 11.1 Å². The van der Waals surface area contributed by atoms with Crippen LogP contribution in [0, 0.1) is 11.7 Å². The number of hydrogen-bond donors (Lipinski definition) is 1. The minimum absolute atomic E-state index is 0.124. The van der Waals surface area contributed by atoms with Gasteiger partial charge in [0, 0.05) is 18.2 Å². The maximum absolute atomic E-state index is 13.5. The van der Waals surface area contributed by atoms with Gasteiger partial charge in [0.1, 0.15) is 18.2 Å². The maximum Gasteiger partial charge on any atom is 0.249 e. The Kier molecular flexibility index (Phi) is 9.00. The third kappa shape index (κ3) is 7.36. The predicted octanol–water partition coefficient (Wildman–Crippen LogP) is 5.32. The molecule has 0 aliphatic heterocycles. The summed E-state index contributed by atoms with van der Waals surface area (Å²) in [5.41, 5.74) is 3.08. The number of benzene rings is 3. The monoisotopic (exact) mass is 514 g/mol. The zero-order valence-corrected chi connectivity index (χ0v) is 21.5. The average molecular weight is 515 g/mol. The fraction of sp³-hybridized carbons (Fsp3) is 0.233. The number of amides is 2. The highest BCUT2D eigenvalue weighted by atomic mass is 19.1. The predicted molar refractivity (Wildman–Crippen MR) is 145 cm³/mol. The van der Waals surface area contributed by atoms with E-state index in [9.17, 15) is 14.0 Å². The van der Waals surface area contributed by atoms with Gasteiger partial charge in [-0.15, -0.1) is 0 Å². The second-order valence-corrected chi connectivity index (χ2v) is 9.36. The molecule has 0 radical (unpaired) electrons. The lowest BCUT2D eigenvalue weighted by Gasteiger charge is -2.24. The SMILES string of the molecule is CC(C)CN(CC(=O)Nc1cc(-c2ccccc2)nn1-c1ccc(F)cc1)C(=O)COCc1ccccc1. The van der Waals surface area contributed by atoms with Gasteiger partial charge in [-0.05, 0) is 35.7 Å². The van der Waals surface area contributed by atoms with Crippen molar-refractivity contribution in [1.82, 2.24) is 14.7 Å². The van der Waals surface area contributed by atoms with Crippen molar-refractivity contribution >= 4 is 17.6 Å². The van der Waals surface area contributed by atoms with E-state index in [4.69, 9.17) is 4.74 Å². The van der Waals surface area contributed by atoms with Crippen molar-refractivity contribution in [2.45, 2.75) is 20.5 Å². The van der Waals surface area contributed by atoms with E-state index in [1.54, 1.807) is 22.9 Å². The van der Waals surface area contributed by atoms with Gasteiger partial charge in [0.2, 0.25) is 11.8 Å². The van der Waals surface area contributed by atoms with Gasteiger partial charge >= 0.3 is 0 Å². The van der Waals surface area contributed by atoms with Crippen molar-refractivity contribution in [3.63, 3.8) is 0 Å². The molecule has 0 unspecified atom stereocenters. The highest BCUT2D eigenvalue weighted by Crippen LogP contribution is 2.25. The summed E-state index contributed by atoms with van der Waals surface area (Å²) in [4.78, 5) is 27.6. The number of carbonyl (C=O) groups is 2. The molecule has 2 amide bonds. The van der Waals surface area contributed by atoms with Crippen LogP contribution in [0.1, 0.15) is 19.4 Å². The number of nitrogens with one attached hydrogen (secondary N) is 1. The van der Waals surface area contributed by atoms with Gasteiger partial charge < -0.3 is 15.0 Å². The van der Waals surface area contributed by atoms with Crippen LogP contribution in [0.25, 0.3) is 16.9 Å². The second-order valence-electron chi connectivity index (χ2n) is 9.36. The Labute approximate surface area is 221 Å². The first-order valence-corrected chi connectivity index (χ1v) is 12.5. The Bertz CT molecular complexity index is 1340. The minimum atomic E-state index is -0.370. The molecule has 0 saturated heterocycles. The standard InChI is InChI=1S/C30H31FN4O3/c1-22(2)18-34(30(37)21-38-20-23-9-5-3-6-10-23)19-29(36)32-28-17-27(24-11-7-4-8-12-24)33-35(28)26-15-13-25(31)14-16-26/h3-17,22H,18-21H2,1-2H3,(H,32,36). The lowest BCUT2D eigenvalue weighted by Crippen LogP contribution is -2.42. The Balaban J connectivity index is 1.48. The Morgan fingerprint density at radius 1 is 0.974 bits per heavy atom. The van der Waals surface area contributed by atoms with E-state index in [2.05, 4.69) is 10.4 Å². The van der Waals surface area contributed by atoms with Gasteiger partial charge in [0.25, 0.3) is 0 Å². The number of aromatic nitrogens is 2. The van der Waals surface area contributed by atoms with E-state index >= 15 is 0 Å². The molecular weight excluding hydrogens is 483 g/mol. The van der Waals surface area contributed by atoms with Gasteiger partial charge in [-0.1, -0.05) is 74.5 Å². The summed E-state index contributed by atoms with van der Waals surface area (Å²) < 4.78 is 20.7. The van der Waals surface area contributed by atoms with Gasteiger partial charge in [0.05, 0.1) is 24.5 Å². The number of nitrogens with zero attached hydrogens (tertiary/aromatic N) is 3. The van der Waals surface area contributed by atoms with Crippen LogP contribution < -0.4 is 5.32 Å². The highest BCUT2D eigenvalue weighted by molar-refractivity contribution is 5.94. The first kappa shape index (κ1) is 26.8. The zero-order valence-electron chi connectivity index (χ0n) is 21.5. The molecule has 1 heterocycles. The topological polar surface area (TPSA) is 76.5 Å². The quantitative estimate of drug-likeness (QED) is 0.294. The molecule has 0 bridgehead atoms. The summed E-state index contributed by atoms with van der Waals surface area (Å²) >= 11 is 0. The molecule has 196 valence electrons. The van der Waals surface area contributed by atoms with Crippen molar-refractivity contribution < 1.29 is 18.7 Å². The van der Waals surface area contributed by atoms with Crippen LogP contribution in [0.2, 0.25) is 0 Å². The maximum atomic E-state index is 13.5. The average Bonchev–Trinajstić information content (AvgIpc) is 3.33. The van der Waals surface area contributed by atoms with Gasteiger partial charge in [-0.3, -0.25) is 9.59 Å². The third-order valence-electron chi connectivity index (χ3n) is 5.73. The van der Waals surface area contributed by atoms with Gasteiger partial charge in [-0.25, -0.2) is 9.07 Å². The van der Waals surface area contributed by atoms with Crippen molar-refractivity contribution in [1.29, 1.82) is 0 Å². The van der Waals surface area contributed by atoms with Crippen molar-refractivity contribution in [2.24, 2.45) is 5.92 Å². The number of halogens is 1. The number of anilines is 1. The fourth-order valence-corrected chi connectivity index (χ4v) is 3.97. The molecule has 0 fully saturated rings. The van der Waals surface area contributed by atoms with E-state index in [1.165, 1.54) is 17.0 Å². The summed E-state index contributed by atoms with van der Waals surface area (Å²) in [6.45, 7) is 4.43. The van der Waals surface area contributed by atoms with Crippen LogP contribution >= 0.6 is 0 Å². The van der Waals surface area contributed by atoms with Crippen molar-refractivity contribution in [3.05, 3.63) is 102 Å². The second kappa shape index (κ2) is 12.8. The molecule has 0 aliphatic carbocycles. The molecular formula is C30H31FN4O3. The van der Waals surface area contributed by atoms with Gasteiger partial charge in [0.15, 0.2) is 0 Å². The number of ether oxygens (including phenoxy) is 1. The smallest absolute Gasteiger partial charge is 0.249 e. The van der Waals surface area contributed by atoms with Crippen LogP contribution in [-0.4, -0.2) is 46.2 Å². The lowest BCUT2D eigenvalue weighted by molar-refractivity contribution is -0.139. The van der Waals surface area contributed by atoms with Crippen LogP contribution in [0.3, 0.4) is 0 Å². The fourth-order valence-electron chi connectivity index (χ4n) is 3.97. The van der Waals surface area contributed by atoms with E-state index in [1.807, 2.05) is 74.5 Å². The van der Waals surface area contributed by atoms with E-state index < -0.39 is 0 Å². The summed E-state index contributed by atoms with van der Waals surface area (Å²) in [6.07, 6.45) is 0. The van der Waals surface area contributed by atoms with Crippen LogP contribution in [0.4, 0.5) is 10.2 Å². The summed E-state index contributed by atoms with van der Waals surface area (Å²) in [6, 6.07) is 26.8. The molecule has 1 aromatic heterocycles. The molecule has 0 spiro atoms.